The number of benzene rings is 3. The third kappa shape index (κ3) is 3.75. The Balaban J connectivity index is 1.63. The molecule has 3 aromatic carbocycles. The zero-order valence-electron chi connectivity index (χ0n) is 18.9. The van der Waals surface area contributed by atoms with Crippen molar-refractivity contribution in [3.05, 3.63) is 87.6 Å². The van der Waals surface area contributed by atoms with E-state index in [4.69, 9.17) is 17.0 Å². The van der Waals surface area contributed by atoms with Crippen LogP contribution in [0.5, 0.6) is 5.75 Å². The van der Waals surface area contributed by atoms with Crippen LogP contribution in [0.3, 0.4) is 0 Å². The second kappa shape index (κ2) is 8.36. The zero-order valence-corrected chi connectivity index (χ0v) is 21.3. The van der Waals surface area contributed by atoms with Crippen molar-refractivity contribution < 1.29 is 13.9 Å². The molecule has 3 atom stereocenters. The summed E-state index contributed by atoms with van der Waals surface area (Å²) >= 11 is 9.26. The number of aryl methyl sites for hydroxylation is 2. The van der Waals surface area contributed by atoms with Gasteiger partial charge in [0.25, 0.3) is 0 Å². The summed E-state index contributed by atoms with van der Waals surface area (Å²) < 4.78 is 21.1. The van der Waals surface area contributed by atoms with Crippen molar-refractivity contribution in [3.63, 3.8) is 0 Å². The van der Waals surface area contributed by atoms with Crippen LogP contribution >= 0.6 is 28.1 Å². The van der Waals surface area contributed by atoms with E-state index in [0.717, 1.165) is 26.9 Å². The summed E-state index contributed by atoms with van der Waals surface area (Å²) in [6.07, 6.45) is 0. The lowest BCUT2D eigenvalue weighted by Crippen LogP contribution is -2.72. The minimum Gasteiger partial charge on any atom is -0.467 e. The number of carbonyl (C=O) groups is 1. The maximum atomic E-state index is 13.9. The van der Waals surface area contributed by atoms with Crippen molar-refractivity contribution >= 4 is 50.5 Å². The molecule has 1 saturated heterocycles. The van der Waals surface area contributed by atoms with Crippen molar-refractivity contribution in [1.82, 2.24) is 5.32 Å². The molecule has 1 amide bonds. The molecule has 0 spiro atoms. The van der Waals surface area contributed by atoms with E-state index in [1.165, 1.54) is 12.1 Å². The monoisotopic (exact) mass is 539 g/mol. The fraction of sp³-hybridized carbons (Fsp3) is 0.231. The fourth-order valence-corrected chi connectivity index (χ4v) is 5.69. The van der Waals surface area contributed by atoms with Gasteiger partial charge in [-0.2, -0.15) is 0 Å². The topological polar surface area (TPSA) is 53.6 Å². The molecule has 8 heteroatoms. The highest BCUT2D eigenvalue weighted by Gasteiger charge is 2.59. The van der Waals surface area contributed by atoms with E-state index in [2.05, 4.69) is 26.6 Å². The van der Waals surface area contributed by atoms with E-state index in [0.29, 0.717) is 16.5 Å². The number of thiocarbonyl (C=S) groups is 1. The number of carbonyl (C=O) groups excluding carboxylic acids is 1. The Kier molecular flexibility index (Phi) is 5.61. The van der Waals surface area contributed by atoms with Crippen LogP contribution in [0.2, 0.25) is 0 Å². The molecular formula is C26H23BrFN3O2S. The highest BCUT2D eigenvalue weighted by molar-refractivity contribution is 9.10. The first kappa shape index (κ1) is 22.8. The van der Waals surface area contributed by atoms with Crippen LogP contribution in [0, 0.1) is 25.6 Å². The van der Waals surface area contributed by atoms with E-state index in [9.17, 15) is 9.18 Å². The van der Waals surface area contributed by atoms with Crippen LogP contribution in [-0.2, 0) is 4.79 Å². The quantitative estimate of drug-likeness (QED) is 0.399. The zero-order chi connectivity index (χ0) is 24.2. The molecule has 1 fully saturated rings. The lowest BCUT2D eigenvalue weighted by atomic mass is 9.78. The number of ether oxygens (including phenoxy) is 1. The third-order valence-corrected chi connectivity index (χ3v) is 7.26. The van der Waals surface area contributed by atoms with Gasteiger partial charge in [-0.1, -0.05) is 33.6 Å². The summed E-state index contributed by atoms with van der Waals surface area (Å²) in [5, 5.41) is 6.87. The number of halogens is 2. The van der Waals surface area contributed by atoms with Gasteiger partial charge in [-0.3, -0.25) is 9.69 Å². The van der Waals surface area contributed by atoms with Crippen LogP contribution in [0.25, 0.3) is 0 Å². The van der Waals surface area contributed by atoms with Gasteiger partial charge in [-0.25, -0.2) is 4.39 Å². The van der Waals surface area contributed by atoms with E-state index in [-0.39, 0.29) is 11.7 Å². The number of fused-ring (bicyclic) bond motifs is 4. The van der Waals surface area contributed by atoms with E-state index in [1.54, 1.807) is 17.0 Å². The average molecular weight is 540 g/mol. The molecule has 0 aromatic heterocycles. The number of nitrogens with zero attached hydrogens (tertiary/aromatic N) is 1. The Morgan fingerprint density at radius 1 is 1.15 bits per heavy atom. The first-order chi connectivity index (χ1) is 16.2. The molecule has 2 aliphatic heterocycles. The smallest absolute Gasteiger partial charge is 0.236 e. The van der Waals surface area contributed by atoms with E-state index >= 15 is 0 Å². The predicted octanol–water partition coefficient (Wildman–Crippen LogP) is 6.00. The predicted molar refractivity (Wildman–Crippen MR) is 139 cm³/mol. The molecular weight excluding hydrogens is 517 g/mol. The minimum atomic E-state index is -1.16. The number of nitrogens with one attached hydrogen (secondary N) is 2. The van der Waals surface area contributed by atoms with Gasteiger partial charge in [0.2, 0.25) is 5.91 Å². The number of anilines is 2. The Morgan fingerprint density at radius 2 is 1.88 bits per heavy atom. The molecule has 5 nitrogen and oxygen atoms in total. The van der Waals surface area contributed by atoms with Gasteiger partial charge in [0.05, 0.1) is 6.04 Å². The van der Waals surface area contributed by atoms with Crippen molar-refractivity contribution in [2.24, 2.45) is 5.92 Å². The molecule has 2 bridgehead atoms. The Labute approximate surface area is 211 Å². The number of amides is 1. The van der Waals surface area contributed by atoms with Gasteiger partial charge < -0.3 is 15.4 Å². The molecule has 0 unspecified atom stereocenters. The maximum Gasteiger partial charge on any atom is 0.236 e. The second-order valence-electron chi connectivity index (χ2n) is 8.86. The summed E-state index contributed by atoms with van der Waals surface area (Å²) in [5.74, 6) is -0.570. The molecule has 3 aromatic rings. The minimum absolute atomic E-state index is 0.202. The summed E-state index contributed by atoms with van der Waals surface area (Å²) in [5.41, 5.74) is 3.15. The van der Waals surface area contributed by atoms with Crippen molar-refractivity contribution in [2.45, 2.75) is 32.5 Å². The normalized spacial score (nSPS) is 23.0. The van der Waals surface area contributed by atoms with E-state index in [1.807, 2.05) is 57.2 Å². The van der Waals surface area contributed by atoms with Gasteiger partial charge >= 0.3 is 0 Å². The highest BCUT2D eigenvalue weighted by atomic mass is 79.9. The molecule has 174 valence electrons. The fourth-order valence-electron chi connectivity index (χ4n) is 4.90. The molecule has 0 aliphatic carbocycles. The number of hydrogen-bond acceptors (Lipinski definition) is 3. The van der Waals surface area contributed by atoms with Gasteiger partial charge in [-0.15, -0.1) is 0 Å². The lowest BCUT2D eigenvalue weighted by Gasteiger charge is -2.56. The van der Waals surface area contributed by atoms with Crippen LogP contribution in [0.1, 0.15) is 29.7 Å². The van der Waals surface area contributed by atoms with Crippen LogP contribution in [0.4, 0.5) is 15.8 Å². The standard InChI is InChI=1S/C26H23BrFN3O2S/c1-14-4-10-20(15(2)12-14)29-24(32)22-23-19-13-16(27)5-11-21(19)33-26(22,3)31(25(34)30-23)18-8-6-17(28)7-9-18/h4-13,22-23H,1-3H3,(H,29,32)(H,30,34)/t22-,23-,26-/m0/s1. The Hall–Kier alpha value is -2.97. The molecule has 34 heavy (non-hydrogen) atoms. The highest BCUT2D eigenvalue weighted by Crippen LogP contribution is 2.50. The molecule has 0 saturated carbocycles. The number of hydrogen-bond donors (Lipinski definition) is 2. The first-order valence-electron chi connectivity index (χ1n) is 10.9. The van der Waals surface area contributed by atoms with Gasteiger partial charge in [0, 0.05) is 21.4 Å². The Bertz CT molecular complexity index is 1320. The molecule has 2 aliphatic rings. The molecule has 2 N–H and O–H groups in total. The molecule has 0 radical (unpaired) electrons. The molecule has 2 heterocycles. The Morgan fingerprint density at radius 3 is 2.59 bits per heavy atom. The average Bonchev–Trinajstić information content (AvgIpc) is 2.77. The van der Waals surface area contributed by atoms with Crippen LogP contribution in [-0.4, -0.2) is 16.7 Å². The molecule has 5 rings (SSSR count). The summed E-state index contributed by atoms with van der Waals surface area (Å²) in [6, 6.07) is 17.2. The third-order valence-electron chi connectivity index (χ3n) is 6.47. The van der Waals surface area contributed by atoms with Gasteiger partial charge in [0.15, 0.2) is 10.8 Å². The van der Waals surface area contributed by atoms with Crippen LogP contribution < -0.4 is 20.3 Å². The summed E-state index contributed by atoms with van der Waals surface area (Å²) in [4.78, 5) is 15.6. The largest absolute Gasteiger partial charge is 0.467 e. The summed E-state index contributed by atoms with van der Waals surface area (Å²) in [6.45, 7) is 5.83. The van der Waals surface area contributed by atoms with Crippen LogP contribution in [0.15, 0.2) is 65.1 Å². The van der Waals surface area contributed by atoms with Gasteiger partial charge in [-0.05, 0) is 87.1 Å². The number of rotatable bonds is 3. The lowest BCUT2D eigenvalue weighted by molar-refractivity contribution is -0.130. The van der Waals surface area contributed by atoms with Crippen molar-refractivity contribution in [2.75, 3.05) is 10.2 Å². The first-order valence-corrected chi connectivity index (χ1v) is 12.1. The van der Waals surface area contributed by atoms with Crippen molar-refractivity contribution in [3.8, 4) is 5.75 Å². The van der Waals surface area contributed by atoms with Crippen molar-refractivity contribution in [1.29, 1.82) is 0 Å². The summed E-state index contributed by atoms with van der Waals surface area (Å²) in [7, 11) is 0. The maximum absolute atomic E-state index is 13.9. The SMILES string of the molecule is Cc1ccc(NC(=O)[C@@H]2[C@H]3NC(=S)N(c4ccc(F)cc4)[C@@]2(C)Oc2ccc(Br)cc23)c(C)c1. The van der Waals surface area contributed by atoms with E-state index < -0.39 is 17.7 Å². The van der Waals surface area contributed by atoms with Gasteiger partial charge in [0.1, 0.15) is 17.5 Å². The second-order valence-corrected chi connectivity index (χ2v) is 10.2.